The van der Waals surface area contributed by atoms with Crippen molar-refractivity contribution in [3.05, 3.63) is 60.2 Å². The third-order valence-corrected chi connectivity index (χ3v) is 2.42. The smallest absolute Gasteiger partial charge is 0.410 e. The lowest BCUT2D eigenvalue weighted by Crippen LogP contribution is -2.16. The van der Waals surface area contributed by atoms with Gasteiger partial charge in [0.1, 0.15) is 5.75 Å². The first-order chi connectivity index (χ1) is 9.78. The van der Waals surface area contributed by atoms with Crippen LogP contribution in [-0.4, -0.2) is 12.6 Å². The molecule has 0 saturated heterocycles. The van der Waals surface area contributed by atoms with Crippen molar-refractivity contribution in [2.24, 2.45) is 5.73 Å². The average Bonchev–Trinajstić information content (AvgIpc) is 2.47. The number of para-hydroxylation sites is 1. The second kappa shape index (κ2) is 6.98. The highest BCUT2D eigenvalue weighted by molar-refractivity contribution is 5.86. The Labute approximate surface area is 117 Å². The van der Waals surface area contributed by atoms with E-state index in [-0.39, 0.29) is 0 Å². The van der Waals surface area contributed by atoms with Gasteiger partial charge in [0.15, 0.2) is 0 Å². The summed E-state index contributed by atoms with van der Waals surface area (Å²) in [5, 5.41) is 2.64. The van der Waals surface area contributed by atoms with Crippen LogP contribution in [0.2, 0.25) is 0 Å². The molecule has 0 atom stereocenters. The van der Waals surface area contributed by atoms with E-state index in [0.29, 0.717) is 18.0 Å². The summed E-state index contributed by atoms with van der Waals surface area (Å²) in [5.74, 6) is 6.16. The van der Waals surface area contributed by atoms with Gasteiger partial charge in [0.05, 0.1) is 6.54 Å². The maximum Gasteiger partial charge on any atom is 0.417 e. The minimum absolute atomic E-state index is 0.323. The first kappa shape index (κ1) is 13.7. The Bertz CT molecular complexity index is 625. The zero-order valence-electron chi connectivity index (χ0n) is 10.8. The molecule has 0 fully saturated rings. The van der Waals surface area contributed by atoms with Gasteiger partial charge in [-0.25, -0.2) is 4.79 Å². The van der Waals surface area contributed by atoms with Crippen molar-refractivity contribution in [3.8, 4) is 17.6 Å². The van der Waals surface area contributed by atoms with Crippen LogP contribution >= 0.6 is 0 Å². The van der Waals surface area contributed by atoms with Gasteiger partial charge in [-0.2, -0.15) is 0 Å². The number of hydrogen-bond donors (Lipinski definition) is 2. The molecule has 0 spiro atoms. The van der Waals surface area contributed by atoms with Gasteiger partial charge < -0.3 is 10.5 Å². The first-order valence-electron chi connectivity index (χ1n) is 6.11. The maximum absolute atomic E-state index is 11.7. The molecule has 2 rings (SSSR count). The molecule has 2 aromatic rings. The van der Waals surface area contributed by atoms with E-state index in [4.69, 9.17) is 10.5 Å². The lowest BCUT2D eigenvalue weighted by atomic mass is 10.2. The van der Waals surface area contributed by atoms with Gasteiger partial charge in [-0.1, -0.05) is 30.0 Å². The van der Waals surface area contributed by atoms with E-state index in [1.165, 1.54) is 0 Å². The lowest BCUT2D eigenvalue weighted by molar-refractivity contribution is 0.215. The summed E-state index contributed by atoms with van der Waals surface area (Å²) in [6.45, 7) is 0.323. The standard InChI is InChI=1S/C16H14N2O2/c17-12-4-5-13-8-10-14(11-9-13)18-16(19)20-15-6-2-1-3-7-15/h1-3,6-11H,12,17H2,(H,18,19). The lowest BCUT2D eigenvalue weighted by Gasteiger charge is -2.06. The van der Waals surface area contributed by atoms with E-state index < -0.39 is 6.09 Å². The van der Waals surface area contributed by atoms with Crippen molar-refractivity contribution in [3.63, 3.8) is 0 Å². The number of carbonyl (C=O) groups is 1. The van der Waals surface area contributed by atoms with Crippen LogP contribution in [0.25, 0.3) is 0 Å². The van der Waals surface area contributed by atoms with Crippen molar-refractivity contribution in [2.75, 3.05) is 11.9 Å². The molecule has 100 valence electrons. The molecule has 0 saturated carbocycles. The largest absolute Gasteiger partial charge is 0.417 e. The minimum atomic E-state index is -0.531. The highest BCUT2D eigenvalue weighted by Gasteiger charge is 2.04. The summed E-state index contributed by atoms with van der Waals surface area (Å²) in [6.07, 6.45) is -0.531. The monoisotopic (exact) mass is 266 g/mol. The van der Waals surface area contributed by atoms with E-state index in [9.17, 15) is 4.79 Å². The number of carbonyl (C=O) groups excluding carboxylic acids is 1. The molecule has 2 aromatic carbocycles. The van der Waals surface area contributed by atoms with Crippen LogP contribution in [0.5, 0.6) is 5.75 Å². The Morgan fingerprint density at radius 3 is 2.45 bits per heavy atom. The van der Waals surface area contributed by atoms with Crippen molar-refractivity contribution in [1.29, 1.82) is 0 Å². The number of amides is 1. The predicted molar refractivity (Wildman–Crippen MR) is 78.5 cm³/mol. The van der Waals surface area contributed by atoms with Gasteiger partial charge >= 0.3 is 6.09 Å². The van der Waals surface area contributed by atoms with Crippen molar-refractivity contribution in [1.82, 2.24) is 0 Å². The number of benzene rings is 2. The molecule has 3 N–H and O–H groups in total. The Morgan fingerprint density at radius 2 is 1.80 bits per heavy atom. The highest BCUT2D eigenvalue weighted by atomic mass is 16.6. The molecule has 4 heteroatoms. The van der Waals surface area contributed by atoms with Gasteiger partial charge in [0, 0.05) is 11.3 Å². The van der Waals surface area contributed by atoms with Gasteiger partial charge in [-0.15, -0.1) is 0 Å². The molecule has 0 unspecified atom stereocenters. The molecular weight excluding hydrogens is 252 g/mol. The minimum Gasteiger partial charge on any atom is -0.410 e. The zero-order valence-corrected chi connectivity index (χ0v) is 10.8. The quantitative estimate of drug-likeness (QED) is 0.821. The summed E-state index contributed by atoms with van der Waals surface area (Å²) < 4.78 is 5.12. The normalized spacial score (nSPS) is 9.25. The molecule has 0 aliphatic carbocycles. The highest BCUT2D eigenvalue weighted by Crippen LogP contribution is 2.12. The summed E-state index contributed by atoms with van der Waals surface area (Å²) in [5.41, 5.74) is 6.79. The van der Waals surface area contributed by atoms with Gasteiger partial charge in [0.25, 0.3) is 0 Å². The topological polar surface area (TPSA) is 64.3 Å². The molecule has 1 amide bonds. The summed E-state index contributed by atoms with van der Waals surface area (Å²) in [4.78, 5) is 11.7. The van der Waals surface area contributed by atoms with Gasteiger partial charge in [-0.05, 0) is 36.4 Å². The summed E-state index contributed by atoms with van der Waals surface area (Å²) in [6, 6.07) is 16.0. The van der Waals surface area contributed by atoms with Crippen LogP contribution in [0.1, 0.15) is 5.56 Å². The van der Waals surface area contributed by atoms with E-state index in [2.05, 4.69) is 17.2 Å². The molecule has 0 heterocycles. The molecule has 0 radical (unpaired) electrons. The SMILES string of the molecule is NCC#Cc1ccc(NC(=O)Oc2ccccc2)cc1. The number of hydrogen-bond acceptors (Lipinski definition) is 3. The molecular formula is C16H14N2O2. The molecule has 4 nitrogen and oxygen atoms in total. The number of anilines is 1. The van der Waals surface area contributed by atoms with Crippen LogP contribution < -0.4 is 15.8 Å². The van der Waals surface area contributed by atoms with Crippen molar-refractivity contribution >= 4 is 11.8 Å². The van der Waals surface area contributed by atoms with Crippen LogP contribution in [0, 0.1) is 11.8 Å². The van der Waals surface area contributed by atoms with Crippen LogP contribution in [0.15, 0.2) is 54.6 Å². The molecule has 20 heavy (non-hydrogen) atoms. The van der Waals surface area contributed by atoms with E-state index in [0.717, 1.165) is 5.56 Å². The Balaban J connectivity index is 1.94. The van der Waals surface area contributed by atoms with Gasteiger partial charge in [-0.3, -0.25) is 5.32 Å². The van der Waals surface area contributed by atoms with Crippen molar-refractivity contribution < 1.29 is 9.53 Å². The van der Waals surface area contributed by atoms with E-state index in [1.807, 2.05) is 6.07 Å². The van der Waals surface area contributed by atoms with Crippen LogP contribution in [0.4, 0.5) is 10.5 Å². The average molecular weight is 266 g/mol. The van der Waals surface area contributed by atoms with Gasteiger partial charge in [0.2, 0.25) is 0 Å². The number of ether oxygens (including phenoxy) is 1. The fraction of sp³-hybridized carbons (Fsp3) is 0.0625. The summed E-state index contributed by atoms with van der Waals surface area (Å²) >= 11 is 0. The van der Waals surface area contributed by atoms with E-state index >= 15 is 0 Å². The van der Waals surface area contributed by atoms with Crippen molar-refractivity contribution in [2.45, 2.75) is 0 Å². The van der Waals surface area contributed by atoms with Crippen LogP contribution in [0.3, 0.4) is 0 Å². The number of nitrogens with two attached hydrogens (primary N) is 1. The Hall–Kier alpha value is -2.77. The maximum atomic E-state index is 11.7. The zero-order chi connectivity index (χ0) is 14.2. The second-order valence-electron chi connectivity index (χ2n) is 3.91. The number of rotatable bonds is 2. The molecule has 0 aliphatic rings. The molecule has 0 aromatic heterocycles. The Kier molecular flexibility index (Phi) is 4.76. The third-order valence-electron chi connectivity index (χ3n) is 2.42. The molecule has 0 aliphatic heterocycles. The third kappa shape index (κ3) is 4.16. The second-order valence-corrected chi connectivity index (χ2v) is 3.91. The molecule has 0 bridgehead atoms. The fourth-order valence-electron chi connectivity index (χ4n) is 1.53. The Morgan fingerprint density at radius 1 is 1.10 bits per heavy atom. The predicted octanol–water partition coefficient (Wildman–Crippen LogP) is 2.61. The fourth-order valence-corrected chi connectivity index (χ4v) is 1.53. The summed E-state index contributed by atoms with van der Waals surface area (Å²) in [7, 11) is 0. The number of nitrogens with one attached hydrogen (secondary N) is 1. The van der Waals surface area contributed by atoms with Crippen LogP contribution in [-0.2, 0) is 0 Å². The van der Waals surface area contributed by atoms with E-state index in [1.54, 1.807) is 48.5 Å². The first-order valence-corrected chi connectivity index (χ1v) is 6.11.